The molecule has 0 spiro atoms. The second kappa shape index (κ2) is 12.6. The van der Waals surface area contributed by atoms with E-state index >= 15 is 0 Å². The van der Waals surface area contributed by atoms with Gasteiger partial charge in [0.1, 0.15) is 11.2 Å². The minimum atomic E-state index is 0.666. The maximum absolute atomic E-state index is 6.45. The molecule has 0 saturated carbocycles. The molecule has 11 aromatic rings. The Morgan fingerprint density at radius 1 is 0.291 bits per heavy atom. The van der Waals surface area contributed by atoms with Crippen molar-refractivity contribution in [3.63, 3.8) is 0 Å². The van der Waals surface area contributed by atoms with E-state index in [1.54, 1.807) is 0 Å². The Balaban J connectivity index is 1.01. The van der Waals surface area contributed by atoms with Crippen LogP contribution < -0.4 is 0 Å². The van der Waals surface area contributed by atoms with Gasteiger partial charge in [0.2, 0.25) is 0 Å². The number of aromatic nitrogens is 2. The van der Waals surface area contributed by atoms with Crippen molar-refractivity contribution in [1.82, 2.24) is 9.97 Å². The summed E-state index contributed by atoms with van der Waals surface area (Å²) in [5.74, 6) is 0.666. The molecule has 2 aromatic heterocycles. The van der Waals surface area contributed by atoms with E-state index in [2.05, 4.69) is 146 Å². The number of rotatable bonds is 5. The number of hydrogen-bond donors (Lipinski definition) is 0. The van der Waals surface area contributed by atoms with Gasteiger partial charge < -0.3 is 4.42 Å². The molecule has 0 unspecified atom stereocenters. The van der Waals surface area contributed by atoms with E-state index in [9.17, 15) is 0 Å². The van der Waals surface area contributed by atoms with E-state index in [1.807, 2.05) is 48.5 Å². The quantitative estimate of drug-likeness (QED) is 0.168. The molecule has 0 aliphatic carbocycles. The van der Waals surface area contributed by atoms with Gasteiger partial charge in [-0.3, -0.25) is 0 Å². The predicted molar refractivity (Wildman–Crippen MR) is 229 cm³/mol. The first-order valence-corrected chi connectivity index (χ1v) is 18.6. The van der Waals surface area contributed by atoms with Gasteiger partial charge in [-0.1, -0.05) is 164 Å². The third-order valence-corrected chi connectivity index (χ3v) is 10.9. The fourth-order valence-electron chi connectivity index (χ4n) is 8.22. The van der Waals surface area contributed by atoms with E-state index < -0.39 is 0 Å². The molecule has 2 heterocycles. The van der Waals surface area contributed by atoms with E-state index in [-0.39, 0.29) is 0 Å². The molecule has 9 aromatic carbocycles. The van der Waals surface area contributed by atoms with Crippen LogP contribution in [0.4, 0.5) is 0 Å². The molecule has 0 saturated heterocycles. The smallest absolute Gasteiger partial charge is 0.161 e. The SMILES string of the molecule is c1ccc(-c2cc(-c3ccccc3)nc(-c3cccc4oc5ccc(-c6ccc(-c7ccc8c9ccccc9c9ccccc9c8c7)cc6)cc5c34)n2)cc1. The molecule has 3 nitrogen and oxygen atoms in total. The van der Waals surface area contributed by atoms with Gasteiger partial charge in [-0.2, -0.15) is 0 Å². The highest BCUT2D eigenvalue weighted by Crippen LogP contribution is 2.40. The van der Waals surface area contributed by atoms with Crippen molar-refractivity contribution >= 4 is 54.3 Å². The molecule has 0 amide bonds. The molecule has 0 atom stereocenters. The van der Waals surface area contributed by atoms with Crippen LogP contribution in [0.1, 0.15) is 0 Å². The van der Waals surface area contributed by atoms with Gasteiger partial charge in [-0.15, -0.1) is 0 Å². The lowest BCUT2D eigenvalue weighted by Gasteiger charge is -2.12. The van der Waals surface area contributed by atoms with Gasteiger partial charge in [0.05, 0.1) is 11.4 Å². The van der Waals surface area contributed by atoms with Gasteiger partial charge in [-0.25, -0.2) is 9.97 Å². The summed E-state index contributed by atoms with van der Waals surface area (Å²) in [4.78, 5) is 10.3. The van der Waals surface area contributed by atoms with Crippen LogP contribution in [0.3, 0.4) is 0 Å². The van der Waals surface area contributed by atoms with E-state index in [1.165, 1.54) is 43.4 Å². The first-order chi connectivity index (χ1) is 27.2. The van der Waals surface area contributed by atoms with Crippen molar-refractivity contribution < 1.29 is 4.42 Å². The summed E-state index contributed by atoms with van der Waals surface area (Å²) < 4.78 is 6.45. The van der Waals surface area contributed by atoms with Gasteiger partial charge in [0, 0.05) is 27.5 Å². The van der Waals surface area contributed by atoms with Crippen molar-refractivity contribution in [3.8, 4) is 56.2 Å². The van der Waals surface area contributed by atoms with Crippen LogP contribution in [-0.2, 0) is 0 Å². The fraction of sp³-hybridized carbons (Fsp3) is 0. The Labute approximate surface area is 317 Å². The molecule has 0 aliphatic heterocycles. The molecule has 0 radical (unpaired) electrons. The Kier molecular flexibility index (Phi) is 7.17. The summed E-state index contributed by atoms with van der Waals surface area (Å²) in [6, 6.07) is 68.6. The summed E-state index contributed by atoms with van der Waals surface area (Å²) in [5, 5.41) is 9.75. The number of benzene rings is 9. The second-order valence-electron chi connectivity index (χ2n) is 14.1. The standard InChI is InChI=1S/C52H32N2O/c1-3-12-35(13-4-1)47-32-48(36-14-5-2-6-15-36)54-52(53-47)44-20-11-21-50-51(44)46-31-38(27-29-49(46)55-50)34-24-22-33(23-25-34)37-26-28-43-41-18-8-7-16-39(41)40-17-9-10-19-42(40)45(43)30-37/h1-32H. The maximum atomic E-state index is 6.45. The highest BCUT2D eigenvalue weighted by atomic mass is 16.3. The molecule has 0 bridgehead atoms. The lowest BCUT2D eigenvalue weighted by molar-refractivity contribution is 0.669. The van der Waals surface area contributed by atoms with Crippen LogP contribution in [0, 0.1) is 0 Å². The van der Waals surface area contributed by atoms with Crippen molar-refractivity contribution in [2.24, 2.45) is 0 Å². The lowest BCUT2D eigenvalue weighted by Crippen LogP contribution is -1.96. The number of furan rings is 1. The number of fused-ring (bicyclic) bond motifs is 9. The highest BCUT2D eigenvalue weighted by molar-refractivity contribution is 6.25. The molecule has 11 rings (SSSR count). The van der Waals surface area contributed by atoms with E-state index in [0.717, 1.165) is 61.1 Å². The van der Waals surface area contributed by atoms with Crippen molar-refractivity contribution in [3.05, 3.63) is 194 Å². The summed E-state index contributed by atoms with van der Waals surface area (Å²) in [6.07, 6.45) is 0. The molecule has 0 fully saturated rings. The largest absolute Gasteiger partial charge is 0.456 e. The van der Waals surface area contributed by atoms with Crippen LogP contribution in [0.15, 0.2) is 199 Å². The maximum Gasteiger partial charge on any atom is 0.161 e. The first-order valence-electron chi connectivity index (χ1n) is 18.6. The zero-order valence-corrected chi connectivity index (χ0v) is 29.8. The molecule has 256 valence electrons. The Morgan fingerprint density at radius 2 is 0.764 bits per heavy atom. The summed E-state index contributed by atoms with van der Waals surface area (Å²) in [5.41, 5.74) is 11.1. The lowest BCUT2D eigenvalue weighted by atomic mass is 9.91. The number of nitrogens with zero attached hydrogens (tertiary/aromatic N) is 2. The monoisotopic (exact) mass is 700 g/mol. The molecule has 3 heteroatoms. The van der Waals surface area contributed by atoms with Gasteiger partial charge in [0.15, 0.2) is 5.82 Å². The minimum absolute atomic E-state index is 0.666. The second-order valence-corrected chi connectivity index (χ2v) is 14.1. The van der Waals surface area contributed by atoms with E-state index in [0.29, 0.717) is 5.82 Å². The predicted octanol–water partition coefficient (Wildman–Crippen LogP) is 14.2. The summed E-state index contributed by atoms with van der Waals surface area (Å²) in [7, 11) is 0. The van der Waals surface area contributed by atoms with Crippen molar-refractivity contribution in [2.75, 3.05) is 0 Å². The molecule has 0 N–H and O–H groups in total. The highest BCUT2D eigenvalue weighted by Gasteiger charge is 2.18. The summed E-state index contributed by atoms with van der Waals surface area (Å²) in [6.45, 7) is 0. The fourth-order valence-corrected chi connectivity index (χ4v) is 8.22. The van der Waals surface area contributed by atoms with Crippen molar-refractivity contribution in [2.45, 2.75) is 0 Å². The first kappa shape index (κ1) is 31.2. The topological polar surface area (TPSA) is 38.9 Å². The van der Waals surface area contributed by atoms with Crippen molar-refractivity contribution in [1.29, 1.82) is 0 Å². The van der Waals surface area contributed by atoms with Gasteiger partial charge in [-0.05, 0) is 84.9 Å². The third-order valence-electron chi connectivity index (χ3n) is 10.9. The Morgan fingerprint density at radius 3 is 1.35 bits per heavy atom. The third kappa shape index (κ3) is 5.28. The zero-order valence-electron chi connectivity index (χ0n) is 29.8. The normalized spacial score (nSPS) is 11.6. The molecular formula is C52H32N2O. The van der Waals surface area contributed by atoms with Crippen LogP contribution >= 0.6 is 0 Å². The number of hydrogen-bond acceptors (Lipinski definition) is 3. The van der Waals surface area contributed by atoms with Crippen LogP contribution in [0.2, 0.25) is 0 Å². The van der Waals surface area contributed by atoms with Crippen LogP contribution in [0.5, 0.6) is 0 Å². The van der Waals surface area contributed by atoms with Crippen LogP contribution in [-0.4, -0.2) is 9.97 Å². The zero-order chi connectivity index (χ0) is 36.3. The summed E-state index contributed by atoms with van der Waals surface area (Å²) >= 11 is 0. The molecule has 0 aliphatic rings. The Bertz CT molecular complexity index is 3140. The van der Waals surface area contributed by atoms with Crippen LogP contribution in [0.25, 0.3) is 110 Å². The van der Waals surface area contributed by atoms with Gasteiger partial charge >= 0.3 is 0 Å². The Hall–Kier alpha value is -7.36. The average Bonchev–Trinajstić information content (AvgIpc) is 3.65. The molecule has 55 heavy (non-hydrogen) atoms. The van der Waals surface area contributed by atoms with E-state index in [4.69, 9.17) is 14.4 Å². The molecular weight excluding hydrogens is 669 g/mol. The minimum Gasteiger partial charge on any atom is -0.456 e. The average molecular weight is 701 g/mol. The van der Waals surface area contributed by atoms with Gasteiger partial charge in [0.25, 0.3) is 0 Å².